The Bertz CT molecular complexity index is 1960. The van der Waals surface area contributed by atoms with E-state index in [1.54, 1.807) is 76.2 Å². The maximum absolute atomic E-state index is 14.6. The predicted octanol–water partition coefficient (Wildman–Crippen LogP) is 3.78. The minimum absolute atomic E-state index is 0.177. The molecule has 0 aromatic carbocycles. The highest BCUT2D eigenvalue weighted by Crippen LogP contribution is 2.32. The molecule has 394 valence electrons. The van der Waals surface area contributed by atoms with Crippen LogP contribution in [0.2, 0.25) is 0 Å². The summed E-state index contributed by atoms with van der Waals surface area (Å²) in [5.74, 6) is -5.36. The van der Waals surface area contributed by atoms with Crippen LogP contribution in [0.25, 0.3) is 0 Å². The summed E-state index contributed by atoms with van der Waals surface area (Å²) in [5.41, 5.74) is -1.45. The fourth-order valence-electron chi connectivity index (χ4n) is 9.81. The number of nitrogens with zero attached hydrogens (tertiary/aromatic N) is 5. The maximum atomic E-state index is 14.6. The molecular weight excluding hydrogens is 899 g/mol. The van der Waals surface area contributed by atoms with Gasteiger partial charge in [-0.25, -0.2) is 9.59 Å². The van der Waals surface area contributed by atoms with Crippen LogP contribution in [0.15, 0.2) is 0 Å². The van der Waals surface area contributed by atoms with Crippen molar-refractivity contribution in [2.75, 3.05) is 34.2 Å². The molecule has 0 radical (unpaired) electrons. The van der Waals surface area contributed by atoms with Crippen LogP contribution in [0.5, 0.6) is 0 Å². The maximum Gasteiger partial charge on any atom is 0.329 e. The van der Waals surface area contributed by atoms with Crippen molar-refractivity contribution in [3.05, 3.63) is 0 Å². The van der Waals surface area contributed by atoms with Gasteiger partial charge in [0.05, 0.1) is 5.41 Å². The molecule has 0 spiro atoms. The van der Waals surface area contributed by atoms with Crippen molar-refractivity contribution >= 4 is 53.3 Å². The molecule has 0 aromatic rings. The van der Waals surface area contributed by atoms with E-state index < -0.39 is 143 Å². The summed E-state index contributed by atoms with van der Waals surface area (Å²) in [5, 5.41) is 5.77. The van der Waals surface area contributed by atoms with Crippen molar-refractivity contribution < 1.29 is 52.6 Å². The molecule has 18 heteroatoms. The van der Waals surface area contributed by atoms with Crippen molar-refractivity contribution in [1.29, 1.82) is 0 Å². The first-order valence-corrected chi connectivity index (χ1v) is 25.4. The number of carbonyl (C=O) groups is 9. The number of likely N-dealkylation sites (N-methyl/N-ethyl adjacent to an activating group) is 3. The van der Waals surface area contributed by atoms with Gasteiger partial charge in [0, 0.05) is 40.7 Å². The van der Waals surface area contributed by atoms with Crippen LogP contribution in [-0.2, 0) is 52.6 Å². The lowest BCUT2D eigenvalue weighted by Gasteiger charge is -2.40. The standard InChI is InChI=1S/C52H85N7O11/c1-18-20-21-26-37-52(13,14)51(68)54-39(33(11)19-2)46(63)55(15)34(12)44(61)56(16)40(30(5)6)47(64)57(17)41(31(7)8)50(67)70-42(32(9)10)48(65)59-28-23-25-36(59)45(62)58-27-22-24-35(58)43(60)53-38(29(3)4)49(66)69-37/h1,29-42H,19-28H2,2-17H3,(H,53,60)(H,54,68). The van der Waals surface area contributed by atoms with Crippen molar-refractivity contribution in [3.63, 3.8) is 0 Å². The molecule has 7 amide bonds. The Kier molecular flexibility index (Phi) is 21.3. The first-order chi connectivity index (χ1) is 32.6. The first-order valence-electron chi connectivity index (χ1n) is 25.4. The van der Waals surface area contributed by atoms with E-state index >= 15 is 0 Å². The van der Waals surface area contributed by atoms with Crippen LogP contribution in [-0.4, -0.2) is 167 Å². The smallest absolute Gasteiger partial charge is 0.329 e. The van der Waals surface area contributed by atoms with Gasteiger partial charge in [0.25, 0.3) is 5.91 Å². The molecule has 10 atom stereocenters. The number of cyclic esters (lactones) is 2. The summed E-state index contributed by atoms with van der Waals surface area (Å²) >= 11 is 0. The summed E-state index contributed by atoms with van der Waals surface area (Å²) in [4.78, 5) is 137. The van der Waals surface area contributed by atoms with Gasteiger partial charge in [-0.3, -0.25) is 33.6 Å². The zero-order valence-electron chi connectivity index (χ0n) is 45.0. The van der Waals surface area contributed by atoms with E-state index in [-0.39, 0.29) is 19.5 Å². The zero-order valence-corrected chi connectivity index (χ0v) is 45.0. The molecular formula is C52H85N7O11. The van der Waals surface area contributed by atoms with Crippen LogP contribution in [0.3, 0.4) is 0 Å². The van der Waals surface area contributed by atoms with Gasteiger partial charge < -0.3 is 44.6 Å². The number of ether oxygens (including phenoxy) is 2. The third-order valence-electron chi connectivity index (χ3n) is 14.7. The van der Waals surface area contributed by atoms with Gasteiger partial charge in [-0.2, -0.15) is 0 Å². The molecule has 70 heavy (non-hydrogen) atoms. The summed E-state index contributed by atoms with van der Waals surface area (Å²) in [6.45, 7) is 22.8. The van der Waals surface area contributed by atoms with E-state index in [1.807, 2.05) is 6.92 Å². The summed E-state index contributed by atoms with van der Waals surface area (Å²) in [6, 6.07) is -7.63. The van der Waals surface area contributed by atoms with Crippen LogP contribution in [0, 0.1) is 47.3 Å². The number of amides is 7. The molecule has 0 bridgehead atoms. The van der Waals surface area contributed by atoms with E-state index in [0.717, 1.165) is 0 Å². The van der Waals surface area contributed by atoms with E-state index in [0.29, 0.717) is 44.9 Å². The first kappa shape index (κ1) is 59.1. The summed E-state index contributed by atoms with van der Waals surface area (Å²) in [6.07, 6.45) is 6.17. The number of terminal acetylenes is 1. The minimum atomic E-state index is -1.45. The number of esters is 2. The predicted molar refractivity (Wildman–Crippen MR) is 264 cm³/mol. The molecule has 0 aromatic heterocycles. The Morgan fingerprint density at radius 1 is 0.643 bits per heavy atom. The zero-order chi connectivity index (χ0) is 53.3. The lowest BCUT2D eigenvalue weighted by atomic mass is 9.81. The number of nitrogens with one attached hydrogen (secondary N) is 2. The molecule has 3 fully saturated rings. The number of rotatable bonds is 9. The monoisotopic (exact) mass is 984 g/mol. The van der Waals surface area contributed by atoms with Gasteiger partial charge in [0.1, 0.15) is 48.4 Å². The third-order valence-corrected chi connectivity index (χ3v) is 14.7. The second-order valence-electron chi connectivity index (χ2n) is 21.7. The van der Waals surface area contributed by atoms with Crippen molar-refractivity contribution in [2.24, 2.45) is 35.0 Å². The lowest BCUT2D eigenvalue weighted by Crippen LogP contribution is -2.61. The van der Waals surface area contributed by atoms with Gasteiger partial charge in [0.2, 0.25) is 35.4 Å². The van der Waals surface area contributed by atoms with Crippen LogP contribution in [0.1, 0.15) is 141 Å². The topological polar surface area (TPSA) is 212 Å². The van der Waals surface area contributed by atoms with Crippen LogP contribution in [0.4, 0.5) is 0 Å². The van der Waals surface area contributed by atoms with Gasteiger partial charge in [-0.15, -0.1) is 12.3 Å². The average molecular weight is 984 g/mol. The number of hydrogen-bond donors (Lipinski definition) is 2. The Morgan fingerprint density at radius 3 is 1.70 bits per heavy atom. The Labute approximate surface area is 417 Å². The second-order valence-corrected chi connectivity index (χ2v) is 21.7. The van der Waals surface area contributed by atoms with Crippen LogP contribution < -0.4 is 10.6 Å². The molecule has 3 saturated heterocycles. The molecule has 0 saturated carbocycles. The highest BCUT2D eigenvalue weighted by molar-refractivity contribution is 5.97. The molecule has 0 aliphatic carbocycles. The average Bonchev–Trinajstić information content (AvgIpc) is 4.00. The third kappa shape index (κ3) is 13.4. The van der Waals surface area contributed by atoms with Gasteiger partial charge in [0.15, 0.2) is 6.10 Å². The van der Waals surface area contributed by atoms with E-state index in [2.05, 4.69) is 16.6 Å². The number of hydrogen-bond acceptors (Lipinski definition) is 11. The van der Waals surface area contributed by atoms with Crippen molar-refractivity contribution in [1.82, 2.24) is 35.1 Å². The molecule has 18 nitrogen and oxygen atoms in total. The normalized spacial score (nSPS) is 29.4. The van der Waals surface area contributed by atoms with Gasteiger partial charge in [-0.05, 0) is 88.9 Å². The lowest BCUT2D eigenvalue weighted by molar-refractivity contribution is -0.172. The van der Waals surface area contributed by atoms with E-state index in [9.17, 15) is 43.2 Å². The molecule has 2 N–H and O–H groups in total. The molecule has 10 unspecified atom stereocenters. The molecule has 3 rings (SSSR count). The SMILES string of the molecule is C#CCCCC1OC(=O)C(C(C)C)NC(=O)C2CCCN2C(=O)C2CCCN2C(=O)C(C(C)C)OC(=O)C(C(C)C)N(C)C(=O)C(C(C)C)N(C)C(=O)C(C)N(C)C(=O)C(C(C)CC)NC(=O)C1(C)C. The quantitative estimate of drug-likeness (QED) is 0.193. The van der Waals surface area contributed by atoms with E-state index in [1.165, 1.54) is 52.6 Å². The summed E-state index contributed by atoms with van der Waals surface area (Å²) < 4.78 is 12.2. The van der Waals surface area contributed by atoms with Crippen molar-refractivity contribution in [3.8, 4) is 12.3 Å². The Morgan fingerprint density at radius 2 is 1.19 bits per heavy atom. The van der Waals surface area contributed by atoms with Gasteiger partial charge in [-0.1, -0.05) is 75.7 Å². The van der Waals surface area contributed by atoms with Crippen LogP contribution >= 0.6 is 0 Å². The van der Waals surface area contributed by atoms with E-state index in [4.69, 9.17) is 15.9 Å². The highest BCUT2D eigenvalue weighted by Gasteiger charge is 2.48. The molecule has 3 heterocycles. The second kappa shape index (κ2) is 25.3. The Balaban J connectivity index is 2.22. The highest BCUT2D eigenvalue weighted by atomic mass is 16.6. The number of fused-ring (bicyclic) bond motifs is 2. The molecule has 3 aliphatic heterocycles. The number of unbranched alkanes of at least 4 members (excludes halogenated alkanes) is 1. The minimum Gasteiger partial charge on any atom is -0.460 e. The number of carbonyl (C=O) groups excluding carboxylic acids is 9. The van der Waals surface area contributed by atoms with Gasteiger partial charge >= 0.3 is 11.9 Å². The molecule has 3 aliphatic rings. The fraction of sp³-hybridized carbons (Fsp3) is 0.788. The fourth-order valence-corrected chi connectivity index (χ4v) is 9.81. The largest absolute Gasteiger partial charge is 0.460 e. The summed E-state index contributed by atoms with van der Waals surface area (Å²) in [7, 11) is 4.37. The Hall–Kier alpha value is -5.21. The van der Waals surface area contributed by atoms with Crippen molar-refractivity contribution in [2.45, 2.75) is 196 Å².